The van der Waals surface area contributed by atoms with Crippen LogP contribution in [-0.2, 0) is 19.2 Å². The number of para-hydroxylation sites is 2. The number of urea groups is 1. The number of carboxylic acids is 1. The fourth-order valence-corrected chi connectivity index (χ4v) is 4.04. The van der Waals surface area contributed by atoms with E-state index in [1.54, 1.807) is 54.6 Å². The lowest BCUT2D eigenvalue weighted by molar-refractivity contribution is -0.138. The number of hydrogen-bond donors (Lipinski definition) is 4. The van der Waals surface area contributed by atoms with E-state index in [4.69, 9.17) is 5.11 Å². The molecule has 0 radical (unpaired) electrons. The number of aliphatic imine (C=N–C) groups is 1. The third-order valence-corrected chi connectivity index (χ3v) is 5.76. The molecular weight excluding hydrogens is 502 g/mol. The first-order chi connectivity index (χ1) is 18.9. The van der Waals surface area contributed by atoms with Gasteiger partial charge in [0.25, 0.3) is 5.91 Å². The SMILES string of the molecule is O=C[C@H](CC(=O)O)NC(=O)CN1C(=O)C(NC(=O)Nc2ccccc2)N=C(c2ccccc2)c2ccccc21. The monoisotopic (exact) mass is 527 g/mol. The van der Waals surface area contributed by atoms with Crippen molar-refractivity contribution < 1.29 is 29.1 Å². The first kappa shape index (κ1) is 26.7. The second kappa shape index (κ2) is 12.3. The van der Waals surface area contributed by atoms with Crippen LogP contribution in [0.1, 0.15) is 17.5 Å². The quantitative estimate of drug-likeness (QED) is 0.312. The number of nitrogens with one attached hydrogen (secondary N) is 3. The molecule has 2 atom stereocenters. The van der Waals surface area contributed by atoms with Crippen molar-refractivity contribution in [3.8, 4) is 0 Å². The number of hydrogen-bond acceptors (Lipinski definition) is 6. The first-order valence-corrected chi connectivity index (χ1v) is 12.0. The number of rotatable bonds is 9. The number of carbonyl (C=O) groups excluding carboxylic acids is 4. The van der Waals surface area contributed by atoms with Crippen LogP contribution in [0.25, 0.3) is 0 Å². The second-order valence-electron chi connectivity index (χ2n) is 8.56. The maximum Gasteiger partial charge on any atom is 0.321 e. The molecule has 0 saturated carbocycles. The highest BCUT2D eigenvalue weighted by atomic mass is 16.4. The fraction of sp³-hybridized carbons (Fsp3) is 0.143. The van der Waals surface area contributed by atoms with Crippen molar-refractivity contribution in [3.05, 3.63) is 96.1 Å². The minimum atomic E-state index is -1.41. The molecule has 0 aromatic heterocycles. The Kier molecular flexibility index (Phi) is 8.42. The second-order valence-corrected chi connectivity index (χ2v) is 8.56. The molecule has 0 fully saturated rings. The van der Waals surface area contributed by atoms with Gasteiger partial charge in [-0.15, -0.1) is 0 Å². The predicted octanol–water partition coefficient (Wildman–Crippen LogP) is 2.18. The number of amides is 4. The van der Waals surface area contributed by atoms with Crippen molar-refractivity contribution in [3.63, 3.8) is 0 Å². The van der Waals surface area contributed by atoms with Gasteiger partial charge in [0.2, 0.25) is 12.1 Å². The first-order valence-electron chi connectivity index (χ1n) is 12.0. The molecule has 1 unspecified atom stereocenters. The van der Waals surface area contributed by atoms with E-state index in [1.165, 1.54) is 0 Å². The van der Waals surface area contributed by atoms with Gasteiger partial charge in [0.1, 0.15) is 12.8 Å². The van der Waals surface area contributed by atoms with Gasteiger partial charge in [0.15, 0.2) is 0 Å². The van der Waals surface area contributed by atoms with Gasteiger partial charge in [-0.1, -0.05) is 66.7 Å². The zero-order chi connectivity index (χ0) is 27.8. The van der Waals surface area contributed by atoms with Crippen molar-refractivity contribution in [1.82, 2.24) is 10.6 Å². The number of anilines is 2. The molecule has 4 N–H and O–H groups in total. The summed E-state index contributed by atoms with van der Waals surface area (Å²) in [4.78, 5) is 67.5. The lowest BCUT2D eigenvalue weighted by atomic mass is 10.0. The van der Waals surface area contributed by atoms with Gasteiger partial charge < -0.3 is 25.9 Å². The summed E-state index contributed by atoms with van der Waals surface area (Å²) in [5.41, 5.74) is 2.50. The maximum atomic E-state index is 13.8. The summed E-state index contributed by atoms with van der Waals surface area (Å²) < 4.78 is 0. The highest BCUT2D eigenvalue weighted by molar-refractivity contribution is 6.21. The van der Waals surface area contributed by atoms with Crippen molar-refractivity contribution in [2.24, 2.45) is 4.99 Å². The van der Waals surface area contributed by atoms with Gasteiger partial charge in [-0.25, -0.2) is 9.79 Å². The summed E-state index contributed by atoms with van der Waals surface area (Å²) in [5, 5.41) is 16.5. The van der Waals surface area contributed by atoms with Crippen molar-refractivity contribution in [2.45, 2.75) is 18.6 Å². The molecule has 0 bridgehead atoms. The zero-order valence-corrected chi connectivity index (χ0v) is 20.6. The molecule has 4 amide bonds. The highest BCUT2D eigenvalue weighted by Gasteiger charge is 2.34. The van der Waals surface area contributed by atoms with E-state index in [0.717, 1.165) is 4.90 Å². The van der Waals surface area contributed by atoms with Crippen LogP contribution in [-0.4, -0.2) is 59.7 Å². The molecule has 198 valence electrons. The van der Waals surface area contributed by atoms with Crippen molar-refractivity contribution >= 4 is 47.2 Å². The van der Waals surface area contributed by atoms with Crippen LogP contribution in [0.2, 0.25) is 0 Å². The molecule has 39 heavy (non-hydrogen) atoms. The van der Waals surface area contributed by atoms with Crippen LogP contribution in [0.4, 0.5) is 16.2 Å². The van der Waals surface area contributed by atoms with E-state index in [2.05, 4.69) is 20.9 Å². The average Bonchev–Trinajstić information content (AvgIpc) is 3.04. The Morgan fingerprint density at radius 2 is 1.59 bits per heavy atom. The van der Waals surface area contributed by atoms with E-state index in [0.29, 0.717) is 34.5 Å². The lowest BCUT2D eigenvalue weighted by Crippen LogP contribution is -2.52. The highest BCUT2D eigenvalue weighted by Crippen LogP contribution is 2.28. The summed E-state index contributed by atoms with van der Waals surface area (Å²) in [6, 6.07) is 22.6. The predicted molar refractivity (Wildman–Crippen MR) is 144 cm³/mol. The summed E-state index contributed by atoms with van der Waals surface area (Å²) in [5.74, 6) is -2.72. The van der Waals surface area contributed by atoms with Gasteiger partial charge >= 0.3 is 12.0 Å². The molecule has 1 aliphatic heterocycles. The van der Waals surface area contributed by atoms with Gasteiger partial charge in [-0.3, -0.25) is 19.3 Å². The molecular formula is C28H25N5O6. The molecule has 3 aromatic rings. The largest absolute Gasteiger partial charge is 0.481 e. The normalized spacial score (nSPS) is 15.2. The van der Waals surface area contributed by atoms with Crippen LogP contribution < -0.4 is 20.9 Å². The molecule has 11 nitrogen and oxygen atoms in total. The van der Waals surface area contributed by atoms with Crippen LogP contribution in [0.15, 0.2) is 89.9 Å². The summed E-state index contributed by atoms with van der Waals surface area (Å²) in [6.07, 6.45) is -1.70. The maximum absolute atomic E-state index is 13.8. The van der Waals surface area contributed by atoms with E-state index >= 15 is 0 Å². The third kappa shape index (κ3) is 6.72. The molecule has 3 aromatic carbocycles. The Labute approximate surface area is 223 Å². The summed E-state index contributed by atoms with van der Waals surface area (Å²) in [7, 11) is 0. The molecule has 11 heteroatoms. The Hall–Kier alpha value is -5.32. The number of carbonyl (C=O) groups is 5. The Balaban J connectivity index is 1.69. The Morgan fingerprint density at radius 1 is 0.949 bits per heavy atom. The van der Waals surface area contributed by atoms with Crippen LogP contribution >= 0.6 is 0 Å². The fourth-order valence-electron chi connectivity index (χ4n) is 4.04. The average molecular weight is 528 g/mol. The Bertz CT molecular complexity index is 1410. The number of benzene rings is 3. The minimum absolute atomic E-state index is 0.319. The molecule has 0 spiro atoms. The van der Waals surface area contributed by atoms with Crippen LogP contribution in [0.3, 0.4) is 0 Å². The lowest BCUT2D eigenvalue weighted by Gasteiger charge is -2.25. The standard InChI is InChI=1S/C28H25N5O6/c34-17-20(15-24(36)37)29-23(35)16-33-22-14-8-7-13-21(22)25(18-9-3-1-4-10-18)31-26(27(33)38)32-28(39)30-19-11-5-2-6-12-19/h1-14,17,20,26H,15-16H2,(H,29,35)(H,36,37)(H2,30,32,39)/t20-,26?/m0/s1. The minimum Gasteiger partial charge on any atom is -0.481 e. The van der Waals surface area contributed by atoms with Crippen LogP contribution in [0, 0.1) is 0 Å². The topological polar surface area (TPSA) is 157 Å². The van der Waals surface area contributed by atoms with Gasteiger partial charge in [-0.2, -0.15) is 0 Å². The van der Waals surface area contributed by atoms with Crippen molar-refractivity contribution in [2.75, 3.05) is 16.8 Å². The molecule has 4 rings (SSSR count). The number of fused-ring (bicyclic) bond motifs is 1. The molecule has 0 aliphatic carbocycles. The van der Waals surface area contributed by atoms with Crippen LogP contribution in [0.5, 0.6) is 0 Å². The van der Waals surface area contributed by atoms with E-state index in [9.17, 15) is 24.0 Å². The number of aldehydes is 1. The zero-order valence-electron chi connectivity index (χ0n) is 20.6. The number of aliphatic carboxylic acids is 1. The third-order valence-electron chi connectivity index (χ3n) is 5.76. The number of nitrogens with zero attached hydrogens (tertiary/aromatic N) is 2. The van der Waals surface area contributed by atoms with E-state index in [1.807, 2.05) is 30.3 Å². The molecule has 1 aliphatic rings. The van der Waals surface area contributed by atoms with Gasteiger partial charge in [0, 0.05) is 16.8 Å². The molecule has 1 heterocycles. The van der Waals surface area contributed by atoms with E-state index in [-0.39, 0.29) is 0 Å². The van der Waals surface area contributed by atoms with Gasteiger partial charge in [-0.05, 0) is 18.2 Å². The summed E-state index contributed by atoms with van der Waals surface area (Å²) in [6.45, 7) is -0.546. The number of benzodiazepines with no additional fused rings is 1. The van der Waals surface area contributed by atoms with E-state index < -0.39 is 49.0 Å². The Morgan fingerprint density at radius 3 is 2.26 bits per heavy atom. The molecule has 0 saturated heterocycles. The number of carboxylic acid groups (broad SMARTS) is 1. The summed E-state index contributed by atoms with van der Waals surface area (Å²) >= 11 is 0. The van der Waals surface area contributed by atoms with Crippen molar-refractivity contribution in [1.29, 1.82) is 0 Å². The van der Waals surface area contributed by atoms with Gasteiger partial charge in [0.05, 0.1) is 23.9 Å². The smallest absolute Gasteiger partial charge is 0.321 e.